The van der Waals surface area contributed by atoms with E-state index in [0.717, 1.165) is 0 Å². The number of benzene rings is 1. The lowest BCUT2D eigenvalue weighted by Gasteiger charge is -2.23. The van der Waals surface area contributed by atoms with Crippen LogP contribution in [0.1, 0.15) is 18.4 Å². The fraction of sp³-hybridized carbons (Fsp3) is 0.538. The van der Waals surface area contributed by atoms with Crippen molar-refractivity contribution in [1.82, 2.24) is 5.32 Å². The van der Waals surface area contributed by atoms with E-state index in [4.69, 9.17) is 0 Å². The smallest absolute Gasteiger partial charge is 0.405 e. The first-order valence-electron chi connectivity index (χ1n) is 6.53. The van der Waals surface area contributed by atoms with E-state index in [1.165, 1.54) is 12.1 Å². The lowest BCUT2D eigenvalue weighted by Crippen LogP contribution is -2.37. The van der Waals surface area contributed by atoms with Crippen LogP contribution in [0.3, 0.4) is 0 Å². The third-order valence-electron chi connectivity index (χ3n) is 3.33. The summed E-state index contributed by atoms with van der Waals surface area (Å²) < 4.78 is 63.5. The van der Waals surface area contributed by atoms with Crippen LogP contribution in [-0.2, 0) is 16.4 Å². The quantitative estimate of drug-likeness (QED) is 0.923. The van der Waals surface area contributed by atoms with E-state index in [2.05, 4.69) is 10.1 Å². The maximum atomic E-state index is 12.3. The van der Waals surface area contributed by atoms with Crippen LogP contribution in [0.2, 0.25) is 0 Å². The van der Waals surface area contributed by atoms with Crippen molar-refractivity contribution in [2.45, 2.75) is 31.8 Å². The molecule has 8 heteroatoms. The Labute approximate surface area is 121 Å². The second kappa shape index (κ2) is 6.23. The minimum atomic E-state index is -4.73. The molecule has 0 aliphatic carbocycles. The first-order valence-corrected chi connectivity index (χ1v) is 8.35. The molecule has 0 atom stereocenters. The Balaban J connectivity index is 1.94. The van der Waals surface area contributed by atoms with Crippen LogP contribution in [0.15, 0.2) is 24.3 Å². The monoisotopic (exact) mass is 323 g/mol. The summed E-state index contributed by atoms with van der Waals surface area (Å²) in [6, 6.07) is 5.90. The lowest BCUT2D eigenvalue weighted by molar-refractivity contribution is -0.274. The summed E-state index contributed by atoms with van der Waals surface area (Å²) in [5.41, 5.74) is 0.392. The topological polar surface area (TPSA) is 55.4 Å². The summed E-state index contributed by atoms with van der Waals surface area (Å²) >= 11 is 0. The molecular weight excluding hydrogens is 307 g/mol. The summed E-state index contributed by atoms with van der Waals surface area (Å²) in [5, 5.41) is 3.09. The highest BCUT2D eigenvalue weighted by atomic mass is 32.2. The SMILES string of the molecule is O=S1(=O)CCC(NCc2ccccc2OC(F)(F)F)CC1. The number of hydrogen-bond donors (Lipinski definition) is 1. The first-order chi connectivity index (χ1) is 9.75. The molecule has 1 saturated heterocycles. The van der Waals surface area contributed by atoms with Crippen molar-refractivity contribution >= 4 is 9.84 Å². The van der Waals surface area contributed by atoms with Crippen molar-refractivity contribution in [3.05, 3.63) is 29.8 Å². The number of alkyl halides is 3. The minimum absolute atomic E-state index is 0.00697. The molecule has 21 heavy (non-hydrogen) atoms. The zero-order valence-electron chi connectivity index (χ0n) is 11.2. The highest BCUT2D eigenvalue weighted by molar-refractivity contribution is 7.91. The number of halogens is 3. The molecule has 1 fully saturated rings. The van der Waals surface area contributed by atoms with E-state index in [-0.39, 0.29) is 29.8 Å². The number of nitrogens with one attached hydrogen (secondary N) is 1. The molecule has 1 aliphatic rings. The minimum Gasteiger partial charge on any atom is -0.405 e. The van der Waals surface area contributed by atoms with Gasteiger partial charge in [-0.3, -0.25) is 0 Å². The summed E-state index contributed by atoms with van der Waals surface area (Å²) in [6.45, 7) is 0.205. The van der Waals surface area contributed by atoms with Crippen LogP contribution in [0.5, 0.6) is 5.75 Å². The van der Waals surface area contributed by atoms with Crippen LogP contribution >= 0.6 is 0 Å². The van der Waals surface area contributed by atoms with Gasteiger partial charge in [0, 0.05) is 18.2 Å². The molecule has 0 saturated carbocycles. The summed E-state index contributed by atoms with van der Waals surface area (Å²) in [4.78, 5) is 0. The number of para-hydroxylation sites is 1. The fourth-order valence-corrected chi connectivity index (χ4v) is 3.71. The zero-order chi connectivity index (χ0) is 15.5. The van der Waals surface area contributed by atoms with E-state index in [0.29, 0.717) is 18.4 Å². The van der Waals surface area contributed by atoms with Gasteiger partial charge in [-0.2, -0.15) is 0 Å². The Morgan fingerprint density at radius 2 is 1.81 bits per heavy atom. The second-order valence-corrected chi connectivity index (χ2v) is 7.27. The molecule has 1 aromatic rings. The molecule has 0 aromatic heterocycles. The molecule has 0 unspecified atom stereocenters. The normalized spacial score (nSPS) is 19.4. The van der Waals surface area contributed by atoms with Crippen molar-refractivity contribution in [2.24, 2.45) is 0 Å². The van der Waals surface area contributed by atoms with Gasteiger partial charge in [-0.05, 0) is 18.9 Å². The van der Waals surface area contributed by atoms with Crippen LogP contribution in [-0.4, -0.2) is 32.3 Å². The standard InChI is InChI=1S/C13H16F3NO3S/c14-13(15,16)20-12-4-2-1-3-10(12)9-17-11-5-7-21(18,19)8-6-11/h1-4,11,17H,5-9H2. The fourth-order valence-electron chi connectivity index (χ4n) is 2.22. The van der Waals surface area contributed by atoms with Crippen LogP contribution in [0.4, 0.5) is 13.2 Å². The van der Waals surface area contributed by atoms with Gasteiger partial charge in [-0.25, -0.2) is 8.42 Å². The largest absolute Gasteiger partial charge is 0.573 e. The van der Waals surface area contributed by atoms with E-state index in [9.17, 15) is 21.6 Å². The van der Waals surface area contributed by atoms with Crippen molar-refractivity contribution in [3.8, 4) is 5.75 Å². The molecule has 0 amide bonds. The van der Waals surface area contributed by atoms with Gasteiger partial charge in [0.05, 0.1) is 11.5 Å². The third-order valence-corrected chi connectivity index (χ3v) is 5.05. The number of ether oxygens (including phenoxy) is 1. The van der Waals surface area contributed by atoms with Crippen molar-refractivity contribution in [1.29, 1.82) is 0 Å². The van der Waals surface area contributed by atoms with E-state index in [1.807, 2.05) is 0 Å². The molecule has 0 spiro atoms. The van der Waals surface area contributed by atoms with Gasteiger partial charge < -0.3 is 10.1 Å². The van der Waals surface area contributed by atoms with Gasteiger partial charge in [-0.15, -0.1) is 13.2 Å². The maximum Gasteiger partial charge on any atom is 0.573 e. The molecule has 1 aromatic carbocycles. The van der Waals surface area contributed by atoms with Crippen LogP contribution < -0.4 is 10.1 Å². The van der Waals surface area contributed by atoms with Crippen molar-refractivity contribution < 1.29 is 26.3 Å². The van der Waals surface area contributed by atoms with Gasteiger partial charge in [0.2, 0.25) is 0 Å². The Bertz CT molecular complexity index is 573. The zero-order valence-corrected chi connectivity index (χ0v) is 12.0. The van der Waals surface area contributed by atoms with Crippen molar-refractivity contribution in [2.75, 3.05) is 11.5 Å². The third kappa shape index (κ3) is 5.20. The Hall–Kier alpha value is -1.28. The van der Waals surface area contributed by atoms with Gasteiger partial charge >= 0.3 is 6.36 Å². The molecular formula is C13H16F3NO3S. The number of rotatable bonds is 4. The average molecular weight is 323 g/mol. The highest BCUT2D eigenvalue weighted by Gasteiger charge is 2.32. The predicted octanol–water partition coefficient (Wildman–Crippen LogP) is 2.25. The highest BCUT2D eigenvalue weighted by Crippen LogP contribution is 2.26. The Kier molecular flexibility index (Phi) is 4.77. The molecule has 0 radical (unpaired) electrons. The van der Waals surface area contributed by atoms with Gasteiger partial charge in [-0.1, -0.05) is 18.2 Å². The maximum absolute atomic E-state index is 12.3. The number of hydrogen-bond acceptors (Lipinski definition) is 4. The average Bonchev–Trinajstić information content (AvgIpc) is 2.37. The van der Waals surface area contributed by atoms with Crippen LogP contribution in [0, 0.1) is 0 Å². The first kappa shape index (κ1) is 16.1. The van der Waals surface area contributed by atoms with Gasteiger partial charge in [0.15, 0.2) is 0 Å². The van der Waals surface area contributed by atoms with Crippen molar-refractivity contribution in [3.63, 3.8) is 0 Å². The Morgan fingerprint density at radius 3 is 2.43 bits per heavy atom. The molecule has 0 bridgehead atoms. The van der Waals surface area contributed by atoms with E-state index < -0.39 is 16.2 Å². The summed E-state index contributed by atoms with van der Waals surface area (Å²) in [6.07, 6.45) is -3.77. The van der Waals surface area contributed by atoms with E-state index >= 15 is 0 Å². The van der Waals surface area contributed by atoms with Gasteiger partial charge in [0.25, 0.3) is 0 Å². The molecule has 2 rings (SSSR count). The molecule has 1 heterocycles. The Morgan fingerprint density at radius 1 is 1.19 bits per heavy atom. The van der Waals surface area contributed by atoms with Gasteiger partial charge in [0.1, 0.15) is 15.6 Å². The summed E-state index contributed by atoms with van der Waals surface area (Å²) in [5.74, 6) is -0.00238. The second-order valence-electron chi connectivity index (χ2n) is 4.96. The molecule has 4 nitrogen and oxygen atoms in total. The molecule has 1 aliphatic heterocycles. The summed E-state index contributed by atoms with van der Waals surface area (Å²) in [7, 11) is -2.94. The molecule has 118 valence electrons. The van der Waals surface area contributed by atoms with Crippen LogP contribution in [0.25, 0.3) is 0 Å². The lowest BCUT2D eigenvalue weighted by atomic mass is 10.1. The predicted molar refractivity (Wildman–Crippen MR) is 71.6 cm³/mol. The van der Waals surface area contributed by atoms with E-state index in [1.54, 1.807) is 12.1 Å². The number of sulfone groups is 1. The molecule has 1 N–H and O–H groups in total.